The third kappa shape index (κ3) is 10.3. The first-order valence-corrected chi connectivity index (χ1v) is 5.72. The summed E-state index contributed by atoms with van der Waals surface area (Å²) in [5, 5.41) is 12.3. The molecule has 0 aromatic carbocycles. The van der Waals surface area contributed by atoms with Crippen LogP contribution in [0.2, 0.25) is 0 Å². The van der Waals surface area contributed by atoms with Crippen LogP contribution < -0.4 is 5.32 Å². The van der Waals surface area contributed by atoms with E-state index in [4.69, 9.17) is 19.3 Å². The highest BCUT2D eigenvalue weighted by atomic mass is 16.5. The minimum atomic E-state index is -0.000949. The molecule has 16 heavy (non-hydrogen) atoms. The minimum absolute atomic E-state index is 0.000949. The zero-order chi connectivity index (χ0) is 12.2. The molecule has 0 aliphatic carbocycles. The van der Waals surface area contributed by atoms with E-state index in [0.29, 0.717) is 39.1 Å². The lowest BCUT2D eigenvalue weighted by atomic mass is 10.3. The predicted octanol–water partition coefficient (Wildman–Crippen LogP) is 0.0249. The average molecular weight is 235 g/mol. The van der Waals surface area contributed by atoms with Crippen molar-refractivity contribution in [2.75, 3.05) is 46.8 Å². The molecule has 0 rings (SSSR count). The fraction of sp³-hybridized carbons (Fsp3) is 1.00. The van der Waals surface area contributed by atoms with E-state index in [0.717, 1.165) is 0 Å². The van der Waals surface area contributed by atoms with Gasteiger partial charge in [-0.2, -0.15) is 0 Å². The molecule has 0 amide bonds. The Hall–Kier alpha value is -0.200. The summed E-state index contributed by atoms with van der Waals surface area (Å²) in [5.41, 5.74) is 0. The molecule has 0 fully saturated rings. The van der Waals surface area contributed by atoms with Crippen molar-refractivity contribution in [1.29, 1.82) is 0 Å². The van der Waals surface area contributed by atoms with Gasteiger partial charge in [0.2, 0.25) is 0 Å². The van der Waals surface area contributed by atoms with Crippen molar-refractivity contribution in [3.8, 4) is 0 Å². The molecule has 0 saturated heterocycles. The van der Waals surface area contributed by atoms with Gasteiger partial charge in [0.15, 0.2) is 0 Å². The van der Waals surface area contributed by atoms with Gasteiger partial charge in [0.05, 0.1) is 45.7 Å². The maximum Gasteiger partial charge on any atom is 0.0701 e. The SMILES string of the molecule is COCCOCCOCC(CO)NC(C)C. The lowest BCUT2D eigenvalue weighted by Crippen LogP contribution is -2.41. The van der Waals surface area contributed by atoms with E-state index in [9.17, 15) is 0 Å². The Morgan fingerprint density at radius 3 is 2.25 bits per heavy atom. The van der Waals surface area contributed by atoms with E-state index in [1.54, 1.807) is 7.11 Å². The summed E-state index contributed by atoms with van der Waals surface area (Å²) in [4.78, 5) is 0. The van der Waals surface area contributed by atoms with Crippen molar-refractivity contribution in [2.24, 2.45) is 0 Å². The molecule has 0 spiro atoms. The van der Waals surface area contributed by atoms with E-state index in [2.05, 4.69) is 5.32 Å². The second-order valence-electron chi connectivity index (χ2n) is 3.88. The van der Waals surface area contributed by atoms with Crippen LogP contribution in [0.1, 0.15) is 13.8 Å². The van der Waals surface area contributed by atoms with E-state index in [1.807, 2.05) is 13.8 Å². The number of aliphatic hydroxyl groups is 1. The van der Waals surface area contributed by atoms with Crippen LogP contribution in [0.3, 0.4) is 0 Å². The lowest BCUT2D eigenvalue weighted by Gasteiger charge is -2.18. The molecule has 1 unspecified atom stereocenters. The topological polar surface area (TPSA) is 60.0 Å². The summed E-state index contributed by atoms with van der Waals surface area (Å²) >= 11 is 0. The fourth-order valence-electron chi connectivity index (χ4n) is 1.21. The maximum atomic E-state index is 9.06. The van der Waals surface area contributed by atoms with Gasteiger partial charge < -0.3 is 24.6 Å². The number of aliphatic hydroxyl groups excluding tert-OH is 1. The quantitative estimate of drug-likeness (QED) is 0.495. The third-order valence-electron chi connectivity index (χ3n) is 1.91. The Morgan fingerprint density at radius 2 is 1.69 bits per heavy atom. The monoisotopic (exact) mass is 235 g/mol. The largest absolute Gasteiger partial charge is 0.395 e. The minimum Gasteiger partial charge on any atom is -0.395 e. The van der Waals surface area contributed by atoms with Gasteiger partial charge in [-0.15, -0.1) is 0 Å². The second kappa shape index (κ2) is 11.3. The molecule has 5 heteroatoms. The molecular formula is C11H25NO4. The van der Waals surface area contributed by atoms with Gasteiger partial charge in [-0.25, -0.2) is 0 Å². The normalized spacial score (nSPS) is 13.3. The summed E-state index contributed by atoms with van der Waals surface area (Å²) in [6.45, 7) is 6.96. The van der Waals surface area contributed by atoms with Gasteiger partial charge in [0.1, 0.15) is 0 Å². The molecule has 0 radical (unpaired) electrons. The second-order valence-corrected chi connectivity index (χ2v) is 3.88. The number of hydrogen-bond donors (Lipinski definition) is 2. The molecule has 0 aliphatic heterocycles. The number of ether oxygens (including phenoxy) is 3. The van der Waals surface area contributed by atoms with Crippen LogP contribution in [-0.2, 0) is 14.2 Å². The predicted molar refractivity (Wildman–Crippen MR) is 62.7 cm³/mol. The summed E-state index contributed by atoms with van der Waals surface area (Å²) in [5.74, 6) is 0. The molecule has 0 aromatic heterocycles. The van der Waals surface area contributed by atoms with Gasteiger partial charge in [0.25, 0.3) is 0 Å². The number of methoxy groups -OCH3 is 1. The Balaban J connectivity index is 3.27. The van der Waals surface area contributed by atoms with E-state index < -0.39 is 0 Å². The number of hydrogen-bond acceptors (Lipinski definition) is 5. The summed E-state index contributed by atoms with van der Waals surface area (Å²) in [6, 6.07) is 0.345. The summed E-state index contributed by atoms with van der Waals surface area (Å²) in [6.07, 6.45) is 0. The van der Waals surface area contributed by atoms with Crippen molar-refractivity contribution in [3.05, 3.63) is 0 Å². The van der Waals surface area contributed by atoms with Gasteiger partial charge in [-0.1, -0.05) is 13.8 Å². The molecule has 1 atom stereocenters. The first-order chi connectivity index (χ1) is 7.70. The molecule has 98 valence electrons. The van der Waals surface area contributed by atoms with Crippen LogP contribution in [0, 0.1) is 0 Å². The summed E-state index contributed by atoms with van der Waals surface area (Å²) in [7, 11) is 1.64. The molecule has 2 N–H and O–H groups in total. The number of rotatable bonds is 11. The highest BCUT2D eigenvalue weighted by Gasteiger charge is 2.07. The zero-order valence-electron chi connectivity index (χ0n) is 10.6. The highest BCUT2D eigenvalue weighted by molar-refractivity contribution is 4.66. The van der Waals surface area contributed by atoms with E-state index >= 15 is 0 Å². The van der Waals surface area contributed by atoms with Crippen LogP contribution in [-0.4, -0.2) is 63.9 Å². The molecule has 0 heterocycles. The van der Waals surface area contributed by atoms with Crippen molar-refractivity contribution < 1.29 is 19.3 Å². The molecule has 0 saturated carbocycles. The van der Waals surface area contributed by atoms with Crippen molar-refractivity contribution in [2.45, 2.75) is 25.9 Å². The van der Waals surface area contributed by atoms with Gasteiger partial charge in [-0.05, 0) is 0 Å². The highest BCUT2D eigenvalue weighted by Crippen LogP contribution is 1.89. The lowest BCUT2D eigenvalue weighted by molar-refractivity contribution is 0.0143. The Morgan fingerprint density at radius 1 is 1.06 bits per heavy atom. The van der Waals surface area contributed by atoms with Gasteiger partial charge in [-0.3, -0.25) is 0 Å². The van der Waals surface area contributed by atoms with Crippen molar-refractivity contribution in [3.63, 3.8) is 0 Å². The van der Waals surface area contributed by atoms with Crippen LogP contribution in [0.25, 0.3) is 0 Å². The standard InChI is InChI=1S/C11H25NO4/c1-10(2)12-11(8-13)9-16-7-6-15-5-4-14-3/h10-13H,4-9H2,1-3H3. The van der Waals surface area contributed by atoms with E-state index in [-0.39, 0.29) is 12.6 Å². The fourth-order valence-corrected chi connectivity index (χ4v) is 1.21. The van der Waals surface area contributed by atoms with Crippen molar-refractivity contribution in [1.82, 2.24) is 5.32 Å². The van der Waals surface area contributed by atoms with Crippen LogP contribution in [0.15, 0.2) is 0 Å². The smallest absolute Gasteiger partial charge is 0.0701 e. The summed E-state index contributed by atoms with van der Waals surface area (Å²) < 4.78 is 15.5. The van der Waals surface area contributed by atoms with Crippen LogP contribution in [0.4, 0.5) is 0 Å². The van der Waals surface area contributed by atoms with Crippen LogP contribution >= 0.6 is 0 Å². The van der Waals surface area contributed by atoms with Crippen LogP contribution in [0.5, 0.6) is 0 Å². The molecule has 0 aliphatic rings. The Kier molecular flexibility index (Phi) is 11.1. The molecule has 0 aromatic rings. The van der Waals surface area contributed by atoms with Crippen molar-refractivity contribution >= 4 is 0 Å². The first-order valence-electron chi connectivity index (χ1n) is 5.72. The molecular weight excluding hydrogens is 210 g/mol. The third-order valence-corrected chi connectivity index (χ3v) is 1.91. The number of nitrogens with one attached hydrogen (secondary N) is 1. The average Bonchev–Trinajstić information content (AvgIpc) is 2.25. The molecule has 5 nitrogen and oxygen atoms in total. The van der Waals surface area contributed by atoms with Gasteiger partial charge >= 0.3 is 0 Å². The Bertz CT molecular complexity index is 144. The zero-order valence-corrected chi connectivity index (χ0v) is 10.6. The maximum absolute atomic E-state index is 9.06. The van der Waals surface area contributed by atoms with E-state index in [1.165, 1.54) is 0 Å². The molecule has 0 bridgehead atoms. The Labute approximate surface area is 98.1 Å². The van der Waals surface area contributed by atoms with Gasteiger partial charge in [0, 0.05) is 13.2 Å². The first kappa shape index (κ1) is 15.8.